The lowest BCUT2D eigenvalue weighted by Crippen LogP contribution is -2.41. The maximum Gasteiger partial charge on any atom is 0.191 e. The molecule has 1 atom stereocenters. The van der Waals surface area contributed by atoms with E-state index in [4.69, 9.17) is 9.41 Å². The van der Waals surface area contributed by atoms with Crippen LogP contribution in [0.15, 0.2) is 70.5 Å². The van der Waals surface area contributed by atoms with Crippen LogP contribution < -0.4 is 10.6 Å². The van der Waals surface area contributed by atoms with Crippen molar-refractivity contribution in [3.63, 3.8) is 0 Å². The summed E-state index contributed by atoms with van der Waals surface area (Å²) in [6.07, 6.45) is 5.48. The minimum atomic E-state index is 0.126. The Hall–Kier alpha value is -3.06. The molecule has 0 spiro atoms. The Balaban J connectivity index is 1.68. The Morgan fingerprint density at radius 2 is 1.97 bits per heavy atom. The Bertz CT molecular complexity index is 871. The Morgan fingerprint density at radius 3 is 2.62 bits per heavy atom. The number of guanidine groups is 1. The molecule has 1 aromatic carbocycles. The standard InChI is InChI=1S/C22H30N6O/c1-4-23-22(25-16-20(27(2)3)21-11-7-14-29-21)24-15-18-9-5-6-10-19(18)17-28-13-8-12-26-28/h5-14,20H,4,15-17H2,1-3H3,(H2,23,24,25). The van der Waals surface area contributed by atoms with Crippen LogP contribution in [0.3, 0.4) is 0 Å². The molecule has 0 saturated heterocycles. The first kappa shape index (κ1) is 20.7. The van der Waals surface area contributed by atoms with Gasteiger partial charge in [-0.25, -0.2) is 4.99 Å². The molecule has 2 N–H and O–H groups in total. The highest BCUT2D eigenvalue weighted by atomic mass is 16.3. The smallest absolute Gasteiger partial charge is 0.191 e. The summed E-state index contributed by atoms with van der Waals surface area (Å²) in [7, 11) is 4.09. The van der Waals surface area contributed by atoms with Crippen LogP contribution in [-0.4, -0.2) is 47.8 Å². The molecule has 7 nitrogen and oxygen atoms in total. The first-order chi connectivity index (χ1) is 14.2. The summed E-state index contributed by atoms with van der Waals surface area (Å²) >= 11 is 0. The number of hydrogen-bond donors (Lipinski definition) is 2. The number of nitrogens with zero attached hydrogens (tertiary/aromatic N) is 4. The second kappa shape index (κ2) is 10.5. The number of hydrogen-bond acceptors (Lipinski definition) is 4. The van der Waals surface area contributed by atoms with Crippen molar-refractivity contribution in [1.82, 2.24) is 25.3 Å². The molecular formula is C22H30N6O. The molecule has 0 saturated carbocycles. The van der Waals surface area contributed by atoms with Gasteiger partial charge in [0.1, 0.15) is 5.76 Å². The average Bonchev–Trinajstić information content (AvgIpc) is 3.41. The van der Waals surface area contributed by atoms with E-state index in [0.717, 1.165) is 24.8 Å². The van der Waals surface area contributed by atoms with E-state index in [1.165, 1.54) is 11.1 Å². The number of rotatable bonds is 9. The SMILES string of the molecule is CCNC(=NCc1ccccc1Cn1cccn1)NCC(c1ccco1)N(C)C. The maximum atomic E-state index is 5.59. The third-order valence-corrected chi connectivity index (χ3v) is 4.72. The summed E-state index contributed by atoms with van der Waals surface area (Å²) in [5.74, 6) is 1.72. The molecule has 1 unspecified atom stereocenters. The maximum absolute atomic E-state index is 5.59. The molecule has 0 aliphatic rings. The van der Waals surface area contributed by atoms with E-state index in [2.05, 4.69) is 51.8 Å². The van der Waals surface area contributed by atoms with Gasteiger partial charge in [-0.05, 0) is 50.3 Å². The van der Waals surface area contributed by atoms with Crippen LogP contribution in [0.5, 0.6) is 0 Å². The van der Waals surface area contributed by atoms with Gasteiger partial charge in [0, 0.05) is 25.5 Å². The molecule has 0 fully saturated rings. The molecular weight excluding hydrogens is 364 g/mol. The average molecular weight is 395 g/mol. The third kappa shape index (κ3) is 5.96. The number of nitrogens with one attached hydrogen (secondary N) is 2. The van der Waals surface area contributed by atoms with E-state index in [1.54, 1.807) is 12.5 Å². The van der Waals surface area contributed by atoms with Crippen LogP contribution >= 0.6 is 0 Å². The fraction of sp³-hybridized carbons (Fsp3) is 0.364. The number of furan rings is 1. The van der Waals surface area contributed by atoms with Gasteiger partial charge in [-0.2, -0.15) is 5.10 Å². The van der Waals surface area contributed by atoms with Crippen molar-refractivity contribution in [2.75, 3.05) is 27.2 Å². The molecule has 2 aromatic heterocycles. The zero-order valence-electron chi connectivity index (χ0n) is 17.4. The quantitative estimate of drug-likeness (QED) is 0.431. The lowest BCUT2D eigenvalue weighted by Gasteiger charge is -2.23. The first-order valence-electron chi connectivity index (χ1n) is 9.93. The Morgan fingerprint density at radius 1 is 1.14 bits per heavy atom. The number of benzene rings is 1. The van der Waals surface area contributed by atoms with E-state index in [0.29, 0.717) is 13.1 Å². The van der Waals surface area contributed by atoms with Crippen molar-refractivity contribution in [1.29, 1.82) is 0 Å². The molecule has 0 aliphatic carbocycles. The van der Waals surface area contributed by atoms with Crippen molar-refractivity contribution >= 4 is 5.96 Å². The zero-order valence-corrected chi connectivity index (χ0v) is 17.4. The number of aliphatic imine (C=N–C) groups is 1. The Labute approximate surface area is 172 Å². The molecule has 0 radical (unpaired) electrons. The highest BCUT2D eigenvalue weighted by Crippen LogP contribution is 2.17. The van der Waals surface area contributed by atoms with E-state index in [-0.39, 0.29) is 6.04 Å². The summed E-state index contributed by atoms with van der Waals surface area (Å²) in [6.45, 7) is 4.90. The second-order valence-corrected chi connectivity index (χ2v) is 7.04. The molecule has 2 heterocycles. The van der Waals surface area contributed by atoms with Gasteiger partial charge in [0.25, 0.3) is 0 Å². The van der Waals surface area contributed by atoms with E-state index in [1.807, 2.05) is 43.2 Å². The predicted octanol–water partition coefficient (Wildman–Crippen LogP) is 2.88. The van der Waals surface area contributed by atoms with E-state index < -0.39 is 0 Å². The lowest BCUT2D eigenvalue weighted by molar-refractivity contribution is 0.258. The van der Waals surface area contributed by atoms with Crippen LogP contribution in [0.2, 0.25) is 0 Å². The highest BCUT2D eigenvalue weighted by Gasteiger charge is 2.17. The van der Waals surface area contributed by atoms with Crippen LogP contribution in [0.4, 0.5) is 0 Å². The summed E-state index contributed by atoms with van der Waals surface area (Å²) in [5, 5.41) is 11.1. The monoisotopic (exact) mass is 394 g/mol. The van der Waals surface area contributed by atoms with E-state index >= 15 is 0 Å². The Kier molecular flexibility index (Phi) is 7.47. The molecule has 0 bridgehead atoms. The van der Waals surface area contributed by atoms with Gasteiger partial charge in [-0.3, -0.25) is 9.58 Å². The molecule has 29 heavy (non-hydrogen) atoms. The highest BCUT2D eigenvalue weighted by molar-refractivity contribution is 5.79. The largest absolute Gasteiger partial charge is 0.468 e. The molecule has 154 valence electrons. The molecule has 3 rings (SSSR count). The van der Waals surface area contributed by atoms with Gasteiger partial charge in [0.05, 0.1) is 25.4 Å². The van der Waals surface area contributed by atoms with Crippen LogP contribution in [0.25, 0.3) is 0 Å². The van der Waals surface area contributed by atoms with Crippen LogP contribution in [0, 0.1) is 0 Å². The topological polar surface area (TPSA) is 70.6 Å². The van der Waals surface area contributed by atoms with Crippen molar-refractivity contribution in [3.8, 4) is 0 Å². The molecule has 7 heteroatoms. The van der Waals surface area contributed by atoms with E-state index in [9.17, 15) is 0 Å². The van der Waals surface area contributed by atoms with Crippen molar-refractivity contribution in [2.45, 2.75) is 26.1 Å². The molecule has 3 aromatic rings. The second-order valence-electron chi connectivity index (χ2n) is 7.04. The molecule has 0 aliphatic heterocycles. The third-order valence-electron chi connectivity index (χ3n) is 4.72. The van der Waals surface area contributed by atoms with Crippen LogP contribution in [0.1, 0.15) is 29.9 Å². The van der Waals surface area contributed by atoms with Crippen LogP contribution in [-0.2, 0) is 13.1 Å². The minimum Gasteiger partial charge on any atom is -0.468 e. The lowest BCUT2D eigenvalue weighted by atomic mass is 10.1. The molecule has 0 amide bonds. The number of likely N-dealkylation sites (N-methyl/N-ethyl adjacent to an activating group) is 1. The van der Waals surface area contributed by atoms with Gasteiger partial charge in [-0.15, -0.1) is 0 Å². The van der Waals surface area contributed by atoms with Gasteiger partial charge >= 0.3 is 0 Å². The normalized spacial score (nSPS) is 12.9. The van der Waals surface area contributed by atoms with Crippen molar-refractivity contribution < 1.29 is 4.42 Å². The summed E-state index contributed by atoms with van der Waals surface area (Å²) < 4.78 is 7.52. The summed E-state index contributed by atoms with van der Waals surface area (Å²) in [5.41, 5.74) is 2.41. The fourth-order valence-corrected chi connectivity index (χ4v) is 3.15. The fourth-order valence-electron chi connectivity index (χ4n) is 3.15. The van der Waals surface area contributed by atoms with Gasteiger partial charge in [0.15, 0.2) is 5.96 Å². The van der Waals surface area contributed by atoms with Crippen molar-refractivity contribution in [3.05, 3.63) is 78.0 Å². The summed E-state index contributed by atoms with van der Waals surface area (Å²) in [6, 6.07) is 14.3. The van der Waals surface area contributed by atoms with Gasteiger partial charge in [0.2, 0.25) is 0 Å². The van der Waals surface area contributed by atoms with Gasteiger partial charge < -0.3 is 15.1 Å². The first-order valence-corrected chi connectivity index (χ1v) is 9.93. The minimum absolute atomic E-state index is 0.126. The number of aromatic nitrogens is 2. The summed E-state index contributed by atoms with van der Waals surface area (Å²) in [4.78, 5) is 6.94. The predicted molar refractivity (Wildman–Crippen MR) is 116 cm³/mol. The van der Waals surface area contributed by atoms with Crippen molar-refractivity contribution in [2.24, 2.45) is 4.99 Å². The zero-order chi connectivity index (χ0) is 20.5. The van der Waals surface area contributed by atoms with Gasteiger partial charge in [-0.1, -0.05) is 24.3 Å².